The zero-order valence-corrected chi connectivity index (χ0v) is 12.1. The van der Waals surface area contributed by atoms with Crippen LogP contribution in [0.3, 0.4) is 0 Å². The number of carbonyl (C=O) groups is 1. The smallest absolute Gasteiger partial charge is 0.341 e. The van der Waals surface area contributed by atoms with Gasteiger partial charge in [-0.3, -0.25) is 0 Å². The average Bonchev–Trinajstić information content (AvgIpc) is 2.37. The Morgan fingerprint density at radius 2 is 2.15 bits per heavy atom. The van der Waals surface area contributed by atoms with Crippen molar-refractivity contribution in [2.24, 2.45) is 0 Å². The van der Waals surface area contributed by atoms with E-state index in [1.807, 2.05) is 0 Å². The molecule has 0 unspecified atom stereocenters. The number of sulfonamides is 1. The number of halogens is 2. The fourth-order valence-corrected chi connectivity index (χ4v) is 2.79. The molecular formula is C11H13ClFNO5S. The number of carboxylic acids is 1. The van der Waals surface area contributed by atoms with Crippen LogP contribution in [0.25, 0.3) is 0 Å². The first-order valence-electron chi connectivity index (χ1n) is 5.45. The number of hydrogen-bond donors (Lipinski definition) is 1. The normalized spacial score (nSPS) is 11.6. The fraction of sp³-hybridized carbons (Fsp3) is 0.364. The van der Waals surface area contributed by atoms with E-state index < -0.39 is 29.3 Å². The summed E-state index contributed by atoms with van der Waals surface area (Å²) >= 11 is 5.83. The van der Waals surface area contributed by atoms with E-state index >= 15 is 0 Å². The van der Waals surface area contributed by atoms with E-state index in [1.54, 1.807) is 0 Å². The molecule has 0 saturated carbocycles. The van der Waals surface area contributed by atoms with E-state index in [1.165, 1.54) is 19.2 Å². The first kappa shape index (κ1) is 16.7. The third-order valence-electron chi connectivity index (χ3n) is 2.36. The lowest BCUT2D eigenvalue weighted by Gasteiger charge is -2.16. The number of hydrogen-bond acceptors (Lipinski definition) is 4. The zero-order valence-electron chi connectivity index (χ0n) is 10.5. The minimum absolute atomic E-state index is 0.0408. The van der Waals surface area contributed by atoms with Crippen LogP contribution in [0.1, 0.15) is 0 Å². The molecule has 0 saturated heterocycles. The molecule has 1 rings (SSSR count). The molecule has 0 bridgehead atoms. The Hall–Kier alpha value is -1.38. The maximum atomic E-state index is 12.2. The van der Waals surface area contributed by atoms with Gasteiger partial charge in [0.15, 0.2) is 6.61 Å². The van der Waals surface area contributed by atoms with Crippen LogP contribution in [0.4, 0.5) is 4.39 Å². The Morgan fingerprint density at radius 3 is 2.65 bits per heavy atom. The number of nitrogens with zero attached hydrogens (tertiary/aromatic N) is 1. The van der Waals surface area contributed by atoms with Crippen LogP contribution < -0.4 is 4.74 Å². The van der Waals surface area contributed by atoms with Crippen molar-refractivity contribution >= 4 is 27.6 Å². The van der Waals surface area contributed by atoms with Gasteiger partial charge in [-0.2, -0.15) is 4.31 Å². The predicted octanol–water partition coefficient (Wildman–Crippen LogP) is 1.39. The number of alkyl halides is 1. The van der Waals surface area contributed by atoms with Gasteiger partial charge in [-0.25, -0.2) is 17.6 Å². The summed E-state index contributed by atoms with van der Waals surface area (Å²) in [6, 6.07) is 3.59. The summed E-state index contributed by atoms with van der Waals surface area (Å²) in [5, 5.41) is 8.43. The van der Waals surface area contributed by atoms with Crippen LogP contribution in [0.5, 0.6) is 5.75 Å². The minimum atomic E-state index is -3.83. The molecule has 1 N–H and O–H groups in total. The van der Waals surface area contributed by atoms with Crippen LogP contribution >= 0.6 is 11.6 Å². The SMILES string of the molecule is CN(CCF)S(=O)(=O)c1ccc(OCC(=O)O)c(Cl)c1. The van der Waals surface area contributed by atoms with Gasteiger partial charge in [-0.05, 0) is 18.2 Å². The van der Waals surface area contributed by atoms with E-state index in [2.05, 4.69) is 0 Å². The highest BCUT2D eigenvalue weighted by Crippen LogP contribution is 2.28. The lowest BCUT2D eigenvalue weighted by Crippen LogP contribution is -2.28. The second-order valence-corrected chi connectivity index (χ2v) is 6.24. The Bertz CT molecular complexity index is 592. The summed E-state index contributed by atoms with van der Waals surface area (Å²) in [6.45, 7) is -1.66. The maximum Gasteiger partial charge on any atom is 0.341 e. The molecule has 0 amide bonds. The molecule has 112 valence electrons. The Balaban J connectivity index is 2.99. The van der Waals surface area contributed by atoms with E-state index in [0.29, 0.717) is 0 Å². The van der Waals surface area contributed by atoms with Crippen molar-refractivity contribution in [2.75, 3.05) is 26.9 Å². The molecule has 0 aromatic heterocycles. The molecule has 0 aliphatic heterocycles. The van der Waals surface area contributed by atoms with Crippen molar-refractivity contribution < 1.29 is 27.4 Å². The van der Waals surface area contributed by atoms with Crippen LogP contribution in [-0.4, -0.2) is 50.7 Å². The van der Waals surface area contributed by atoms with Crippen molar-refractivity contribution in [3.63, 3.8) is 0 Å². The van der Waals surface area contributed by atoms with Crippen LogP contribution in [-0.2, 0) is 14.8 Å². The highest BCUT2D eigenvalue weighted by atomic mass is 35.5. The largest absolute Gasteiger partial charge is 0.480 e. The monoisotopic (exact) mass is 325 g/mol. The summed E-state index contributed by atoms with van der Waals surface area (Å²) < 4.78 is 42.0. The molecule has 0 aliphatic rings. The van der Waals surface area contributed by atoms with Crippen LogP contribution in [0.2, 0.25) is 5.02 Å². The third kappa shape index (κ3) is 4.06. The van der Waals surface area contributed by atoms with Gasteiger partial charge in [0.2, 0.25) is 10.0 Å². The van der Waals surface area contributed by atoms with Gasteiger partial charge >= 0.3 is 5.97 Å². The Labute approximate surface area is 120 Å². The first-order chi connectivity index (χ1) is 9.28. The lowest BCUT2D eigenvalue weighted by atomic mass is 10.3. The lowest BCUT2D eigenvalue weighted by molar-refractivity contribution is -0.139. The number of ether oxygens (including phenoxy) is 1. The van der Waals surface area contributed by atoms with E-state index in [4.69, 9.17) is 21.4 Å². The molecular weight excluding hydrogens is 313 g/mol. The molecule has 0 spiro atoms. The summed E-state index contributed by atoms with van der Waals surface area (Å²) in [4.78, 5) is 10.2. The summed E-state index contributed by atoms with van der Waals surface area (Å²) in [6.07, 6.45) is 0. The van der Waals surface area contributed by atoms with E-state index in [-0.39, 0.29) is 22.2 Å². The molecule has 1 aromatic rings. The van der Waals surface area contributed by atoms with Gasteiger partial charge in [-0.1, -0.05) is 11.6 Å². The summed E-state index contributed by atoms with van der Waals surface area (Å²) in [5.41, 5.74) is 0. The molecule has 9 heteroatoms. The fourth-order valence-electron chi connectivity index (χ4n) is 1.32. The van der Waals surface area contributed by atoms with Gasteiger partial charge in [-0.15, -0.1) is 0 Å². The highest BCUT2D eigenvalue weighted by Gasteiger charge is 2.21. The summed E-state index contributed by atoms with van der Waals surface area (Å²) in [7, 11) is -2.59. The zero-order chi connectivity index (χ0) is 15.3. The van der Waals surface area contributed by atoms with E-state index in [9.17, 15) is 17.6 Å². The second kappa shape index (κ2) is 6.87. The molecule has 20 heavy (non-hydrogen) atoms. The molecule has 0 fully saturated rings. The molecule has 0 heterocycles. The van der Waals surface area contributed by atoms with Gasteiger partial charge < -0.3 is 9.84 Å². The molecule has 6 nitrogen and oxygen atoms in total. The Kier molecular flexibility index (Phi) is 5.73. The van der Waals surface area contributed by atoms with Crippen LogP contribution in [0, 0.1) is 0 Å². The molecule has 1 aromatic carbocycles. The van der Waals surface area contributed by atoms with Gasteiger partial charge in [0, 0.05) is 13.6 Å². The maximum absolute atomic E-state index is 12.2. The minimum Gasteiger partial charge on any atom is -0.480 e. The van der Waals surface area contributed by atoms with E-state index in [0.717, 1.165) is 10.4 Å². The molecule has 0 atom stereocenters. The highest BCUT2D eigenvalue weighted by molar-refractivity contribution is 7.89. The van der Waals surface area contributed by atoms with Crippen molar-refractivity contribution in [3.05, 3.63) is 23.2 Å². The van der Waals surface area contributed by atoms with Crippen molar-refractivity contribution in [1.29, 1.82) is 0 Å². The number of benzene rings is 1. The van der Waals surface area contributed by atoms with Crippen molar-refractivity contribution in [3.8, 4) is 5.75 Å². The number of rotatable bonds is 7. The van der Waals surface area contributed by atoms with Gasteiger partial charge in [0.1, 0.15) is 12.4 Å². The average molecular weight is 326 g/mol. The Morgan fingerprint density at radius 1 is 1.50 bits per heavy atom. The van der Waals surface area contributed by atoms with Gasteiger partial charge in [0.05, 0.1) is 9.92 Å². The van der Waals surface area contributed by atoms with Crippen molar-refractivity contribution in [2.45, 2.75) is 4.90 Å². The first-order valence-corrected chi connectivity index (χ1v) is 7.27. The van der Waals surface area contributed by atoms with Crippen LogP contribution in [0.15, 0.2) is 23.1 Å². The van der Waals surface area contributed by atoms with Gasteiger partial charge in [0.25, 0.3) is 0 Å². The third-order valence-corrected chi connectivity index (χ3v) is 4.51. The molecule has 0 aliphatic carbocycles. The summed E-state index contributed by atoms with van der Waals surface area (Å²) in [5.74, 6) is -1.12. The predicted molar refractivity (Wildman–Crippen MR) is 70.4 cm³/mol. The number of carboxylic acid groups (broad SMARTS) is 1. The topological polar surface area (TPSA) is 83.9 Å². The van der Waals surface area contributed by atoms with Crippen molar-refractivity contribution in [1.82, 2.24) is 4.31 Å². The quantitative estimate of drug-likeness (QED) is 0.819. The number of aliphatic carboxylic acids is 1. The second-order valence-electron chi connectivity index (χ2n) is 3.79. The molecule has 0 radical (unpaired) electrons. The standard InChI is InChI=1S/C11H13ClFNO5S/c1-14(5-4-13)20(17,18)8-2-3-10(9(12)6-8)19-7-11(15)16/h2-3,6H,4-5,7H2,1H3,(H,15,16).